The van der Waals surface area contributed by atoms with Gasteiger partial charge in [0.15, 0.2) is 5.82 Å². The number of anilines is 1. The summed E-state index contributed by atoms with van der Waals surface area (Å²) in [5.74, 6) is -0.543. The Hall–Kier alpha value is -2.61. The molecule has 0 aliphatic heterocycles. The van der Waals surface area contributed by atoms with Gasteiger partial charge in [-0.2, -0.15) is 0 Å². The maximum absolute atomic E-state index is 11.2. The Morgan fingerprint density at radius 3 is 2.81 bits per heavy atom. The average molecular weight is 292 g/mol. The van der Waals surface area contributed by atoms with Gasteiger partial charge in [-0.05, 0) is 19.1 Å². The van der Waals surface area contributed by atoms with Crippen molar-refractivity contribution in [1.82, 2.24) is 15.0 Å². The molecule has 0 atom stereocenters. The van der Waals surface area contributed by atoms with Crippen LogP contribution < -0.4 is 10.1 Å². The fraction of sp³-hybridized carbons (Fsp3) is 0.308. The summed E-state index contributed by atoms with van der Waals surface area (Å²) in [5, 5.41) is 28.7. The number of aromatic carboxylic acids is 1. The molecular weight excluding hydrogens is 276 g/mol. The number of carboxylic acids is 1. The molecule has 1 heterocycles. The predicted octanol–water partition coefficient (Wildman–Crippen LogP) is 0.768. The van der Waals surface area contributed by atoms with Gasteiger partial charge >= 0.3 is 5.97 Å². The maximum atomic E-state index is 11.2. The minimum Gasteiger partial charge on any atom is -0.492 e. The molecular formula is C13H16N4O4. The first-order valence-corrected chi connectivity index (χ1v) is 6.45. The number of hydrogen-bond donors (Lipinski definition) is 3. The largest absolute Gasteiger partial charge is 0.492 e. The normalized spacial score (nSPS) is 10.4. The standard InChI is InChI=1S/C13H16N4O4/c1-2-21-10-6-4-3-5-9(10)17-15-11(13(19)20)12(16-17)14-7-8-18/h3-6,18H,2,7-8H2,1H3,(H,14,16)(H,19,20). The van der Waals surface area contributed by atoms with Crippen molar-refractivity contribution in [2.24, 2.45) is 0 Å². The lowest BCUT2D eigenvalue weighted by Crippen LogP contribution is -2.09. The number of benzene rings is 1. The number of aliphatic hydroxyl groups is 1. The van der Waals surface area contributed by atoms with Crippen LogP contribution in [0.1, 0.15) is 17.4 Å². The van der Waals surface area contributed by atoms with Crippen molar-refractivity contribution in [3.05, 3.63) is 30.0 Å². The molecule has 0 bridgehead atoms. The Balaban J connectivity index is 2.42. The highest BCUT2D eigenvalue weighted by Gasteiger charge is 2.19. The van der Waals surface area contributed by atoms with E-state index in [1.165, 1.54) is 4.80 Å². The highest BCUT2D eigenvalue weighted by Crippen LogP contribution is 2.22. The van der Waals surface area contributed by atoms with Crippen molar-refractivity contribution in [2.75, 3.05) is 25.1 Å². The number of aromatic nitrogens is 3. The monoisotopic (exact) mass is 292 g/mol. The van der Waals surface area contributed by atoms with E-state index in [-0.39, 0.29) is 24.7 Å². The van der Waals surface area contributed by atoms with Crippen LogP contribution in [0, 0.1) is 0 Å². The number of para-hydroxylation sites is 2. The van der Waals surface area contributed by atoms with Gasteiger partial charge in [-0.1, -0.05) is 12.1 Å². The molecule has 112 valence electrons. The molecule has 8 nitrogen and oxygen atoms in total. The van der Waals surface area contributed by atoms with Gasteiger partial charge in [0, 0.05) is 6.54 Å². The molecule has 0 unspecified atom stereocenters. The van der Waals surface area contributed by atoms with Gasteiger partial charge < -0.3 is 20.3 Å². The van der Waals surface area contributed by atoms with Gasteiger partial charge in [0.25, 0.3) is 0 Å². The number of nitrogens with zero attached hydrogens (tertiary/aromatic N) is 3. The number of aliphatic hydroxyl groups excluding tert-OH is 1. The zero-order chi connectivity index (χ0) is 15.2. The van der Waals surface area contributed by atoms with Crippen LogP contribution in [-0.2, 0) is 0 Å². The zero-order valence-electron chi connectivity index (χ0n) is 11.5. The number of carboxylic acid groups (broad SMARTS) is 1. The number of hydrogen-bond acceptors (Lipinski definition) is 6. The van der Waals surface area contributed by atoms with Crippen LogP contribution in [0.3, 0.4) is 0 Å². The first-order valence-electron chi connectivity index (χ1n) is 6.45. The van der Waals surface area contributed by atoms with E-state index in [1.54, 1.807) is 24.3 Å². The summed E-state index contributed by atoms with van der Waals surface area (Å²) in [7, 11) is 0. The third kappa shape index (κ3) is 3.29. The summed E-state index contributed by atoms with van der Waals surface area (Å²) in [6.07, 6.45) is 0. The molecule has 0 spiro atoms. The Labute approximate surface area is 121 Å². The molecule has 0 aliphatic rings. The topological polar surface area (TPSA) is 110 Å². The van der Waals surface area contributed by atoms with Crippen molar-refractivity contribution in [2.45, 2.75) is 6.92 Å². The zero-order valence-corrected chi connectivity index (χ0v) is 11.5. The van der Waals surface area contributed by atoms with Crippen LogP contribution in [0.4, 0.5) is 5.82 Å². The van der Waals surface area contributed by atoms with Gasteiger partial charge in [-0.25, -0.2) is 4.79 Å². The van der Waals surface area contributed by atoms with Crippen molar-refractivity contribution in [3.63, 3.8) is 0 Å². The maximum Gasteiger partial charge on any atom is 0.360 e. The highest BCUT2D eigenvalue weighted by atomic mass is 16.5. The molecule has 21 heavy (non-hydrogen) atoms. The lowest BCUT2D eigenvalue weighted by molar-refractivity contribution is 0.0691. The van der Waals surface area contributed by atoms with Gasteiger partial charge in [0.1, 0.15) is 11.4 Å². The van der Waals surface area contributed by atoms with E-state index in [4.69, 9.17) is 14.9 Å². The Morgan fingerprint density at radius 1 is 1.38 bits per heavy atom. The van der Waals surface area contributed by atoms with Crippen LogP contribution in [0.2, 0.25) is 0 Å². The minimum atomic E-state index is -1.20. The number of rotatable bonds is 7. The van der Waals surface area contributed by atoms with Gasteiger partial charge in [-0.15, -0.1) is 15.0 Å². The first kappa shape index (κ1) is 14.8. The Bertz CT molecular complexity index is 626. The van der Waals surface area contributed by atoms with Gasteiger partial charge in [-0.3, -0.25) is 0 Å². The van der Waals surface area contributed by atoms with Crippen LogP contribution in [0.15, 0.2) is 24.3 Å². The third-order valence-electron chi connectivity index (χ3n) is 2.60. The summed E-state index contributed by atoms with van der Waals surface area (Å²) in [4.78, 5) is 12.4. The van der Waals surface area contributed by atoms with E-state index in [2.05, 4.69) is 15.5 Å². The van der Waals surface area contributed by atoms with Crippen molar-refractivity contribution in [3.8, 4) is 11.4 Å². The van der Waals surface area contributed by atoms with Crippen LogP contribution in [0.25, 0.3) is 5.69 Å². The fourth-order valence-electron chi connectivity index (χ4n) is 1.75. The molecule has 0 saturated heterocycles. The molecule has 1 aromatic heterocycles. The summed E-state index contributed by atoms with van der Waals surface area (Å²) >= 11 is 0. The average Bonchev–Trinajstić information content (AvgIpc) is 2.90. The smallest absolute Gasteiger partial charge is 0.360 e. The van der Waals surface area contributed by atoms with Gasteiger partial charge in [0.05, 0.1) is 13.2 Å². The van der Waals surface area contributed by atoms with E-state index < -0.39 is 5.97 Å². The quantitative estimate of drug-likeness (QED) is 0.691. The summed E-state index contributed by atoms with van der Waals surface area (Å²) in [5.41, 5.74) is 0.327. The molecule has 1 aromatic carbocycles. The van der Waals surface area contributed by atoms with E-state index in [9.17, 15) is 4.79 Å². The molecule has 8 heteroatoms. The van der Waals surface area contributed by atoms with Gasteiger partial charge in [0.2, 0.25) is 5.69 Å². The summed E-state index contributed by atoms with van der Waals surface area (Å²) in [6, 6.07) is 7.07. The second-order valence-electron chi connectivity index (χ2n) is 4.04. The number of carbonyl (C=O) groups is 1. The molecule has 2 rings (SSSR count). The van der Waals surface area contributed by atoms with E-state index in [0.717, 1.165) is 0 Å². The summed E-state index contributed by atoms with van der Waals surface area (Å²) < 4.78 is 5.47. The first-order chi connectivity index (χ1) is 10.2. The molecule has 0 aliphatic carbocycles. The minimum absolute atomic E-state index is 0.0999. The highest BCUT2D eigenvalue weighted by molar-refractivity contribution is 5.90. The molecule has 2 aromatic rings. The molecule has 0 saturated carbocycles. The Kier molecular flexibility index (Phi) is 4.72. The predicted molar refractivity (Wildman–Crippen MR) is 75.1 cm³/mol. The lowest BCUT2D eigenvalue weighted by Gasteiger charge is -2.08. The Morgan fingerprint density at radius 2 is 2.14 bits per heavy atom. The molecule has 3 N–H and O–H groups in total. The van der Waals surface area contributed by atoms with Crippen molar-refractivity contribution in [1.29, 1.82) is 0 Å². The molecule has 0 radical (unpaired) electrons. The fourth-order valence-corrected chi connectivity index (χ4v) is 1.75. The van der Waals surface area contributed by atoms with E-state index in [0.29, 0.717) is 18.0 Å². The lowest BCUT2D eigenvalue weighted by atomic mass is 10.3. The second kappa shape index (κ2) is 6.71. The van der Waals surface area contributed by atoms with Crippen molar-refractivity contribution >= 4 is 11.8 Å². The molecule has 0 amide bonds. The SMILES string of the molecule is CCOc1ccccc1-n1nc(NCCO)c(C(=O)O)n1. The summed E-state index contributed by atoms with van der Waals surface area (Å²) in [6.45, 7) is 2.37. The van der Waals surface area contributed by atoms with Crippen molar-refractivity contribution < 1.29 is 19.7 Å². The van der Waals surface area contributed by atoms with Crippen LogP contribution >= 0.6 is 0 Å². The van der Waals surface area contributed by atoms with Crippen LogP contribution in [0.5, 0.6) is 5.75 Å². The van der Waals surface area contributed by atoms with E-state index >= 15 is 0 Å². The van der Waals surface area contributed by atoms with Crippen LogP contribution in [-0.4, -0.2) is 50.9 Å². The number of ether oxygens (including phenoxy) is 1. The second-order valence-corrected chi connectivity index (χ2v) is 4.04. The van der Waals surface area contributed by atoms with E-state index in [1.807, 2.05) is 6.92 Å². The number of nitrogens with one attached hydrogen (secondary N) is 1. The third-order valence-corrected chi connectivity index (χ3v) is 2.60. The molecule has 0 fully saturated rings.